The Kier molecular flexibility index (Phi) is 5.61. The first-order valence-corrected chi connectivity index (χ1v) is 8.25. The normalized spacial score (nSPS) is 18.3. The van der Waals surface area contributed by atoms with Crippen molar-refractivity contribution in [2.24, 2.45) is 0 Å². The molecule has 0 amide bonds. The number of benzene rings is 1. The summed E-state index contributed by atoms with van der Waals surface area (Å²) in [5, 5.41) is 3.24. The van der Waals surface area contributed by atoms with Crippen molar-refractivity contribution in [2.75, 3.05) is 32.1 Å². The maximum Gasteiger partial charge on any atom is 0.226 e. The van der Waals surface area contributed by atoms with Crippen LogP contribution in [0, 0.1) is 0 Å². The minimum Gasteiger partial charge on any atom is -0.481 e. The van der Waals surface area contributed by atoms with Crippen LogP contribution >= 0.6 is 0 Å². The lowest BCUT2D eigenvalue weighted by Crippen LogP contribution is -2.40. The molecule has 1 saturated heterocycles. The van der Waals surface area contributed by atoms with E-state index in [0.717, 1.165) is 26.2 Å². The van der Waals surface area contributed by atoms with Crippen molar-refractivity contribution in [1.82, 2.24) is 14.9 Å². The van der Waals surface area contributed by atoms with Crippen molar-refractivity contribution in [3.63, 3.8) is 0 Å². The maximum absolute atomic E-state index is 5.60. The average Bonchev–Trinajstić information content (AvgIpc) is 2.60. The molecule has 3 rings (SSSR count). The Bertz CT molecular complexity index is 665. The van der Waals surface area contributed by atoms with Gasteiger partial charge in [-0.25, -0.2) is 4.98 Å². The Morgan fingerprint density at radius 2 is 2.21 bits per heavy atom. The van der Waals surface area contributed by atoms with E-state index in [1.165, 1.54) is 11.1 Å². The highest BCUT2D eigenvalue weighted by Gasteiger charge is 2.16. The number of ether oxygens (including phenoxy) is 2. The molecule has 2 heterocycles. The van der Waals surface area contributed by atoms with Gasteiger partial charge in [0.2, 0.25) is 11.8 Å². The third-order valence-corrected chi connectivity index (χ3v) is 4.01. The van der Waals surface area contributed by atoms with Crippen molar-refractivity contribution in [3.05, 3.63) is 47.7 Å². The first kappa shape index (κ1) is 16.7. The zero-order valence-corrected chi connectivity index (χ0v) is 14.2. The fraction of sp³-hybridized carbons (Fsp3) is 0.444. The Balaban J connectivity index is 1.58. The number of aromatic nitrogens is 2. The van der Waals surface area contributed by atoms with Crippen LogP contribution in [0.5, 0.6) is 5.88 Å². The van der Waals surface area contributed by atoms with Crippen molar-refractivity contribution < 1.29 is 9.47 Å². The fourth-order valence-electron chi connectivity index (χ4n) is 2.85. The van der Waals surface area contributed by atoms with E-state index in [9.17, 15) is 0 Å². The number of hydrogen-bond acceptors (Lipinski definition) is 6. The van der Waals surface area contributed by atoms with Gasteiger partial charge in [-0.15, -0.1) is 0 Å². The summed E-state index contributed by atoms with van der Waals surface area (Å²) in [5.41, 5.74) is 2.52. The van der Waals surface area contributed by atoms with E-state index in [1.807, 2.05) is 0 Å². The number of methoxy groups -OCH3 is 1. The molecule has 1 aliphatic heterocycles. The van der Waals surface area contributed by atoms with Gasteiger partial charge in [0, 0.05) is 38.4 Å². The van der Waals surface area contributed by atoms with Crippen LogP contribution in [0.1, 0.15) is 18.1 Å². The minimum absolute atomic E-state index is 0.314. The van der Waals surface area contributed by atoms with Crippen molar-refractivity contribution in [2.45, 2.75) is 26.1 Å². The molecule has 1 atom stereocenters. The van der Waals surface area contributed by atoms with Gasteiger partial charge in [0.05, 0.1) is 19.8 Å². The molecule has 1 aliphatic rings. The van der Waals surface area contributed by atoms with Crippen molar-refractivity contribution >= 4 is 5.95 Å². The lowest BCUT2D eigenvalue weighted by atomic mass is 10.1. The van der Waals surface area contributed by atoms with Gasteiger partial charge in [-0.2, -0.15) is 4.98 Å². The first-order valence-electron chi connectivity index (χ1n) is 8.25. The second-order valence-electron chi connectivity index (χ2n) is 6.01. The summed E-state index contributed by atoms with van der Waals surface area (Å²) in [6.45, 7) is 6.55. The van der Waals surface area contributed by atoms with Gasteiger partial charge < -0.3 is 14.8 Å². The minimum atomic E-state index is 0.314. The highest BCUT2D eigenvalue weighted by molar-refractivity contribution is 5.31. The molecule has 0 bridgehead atoms. The zero-order chi connectivity index (χ0) is 16.8. The predicted octanol–water partition coefficient (Wildman–Crippen LogP) is 2.32. The van der Waals surface area contributed by atoms with Crippen LogP contribution in [-0.4, -0.2) is 47.8 Å². The summed E-state index contributed by atoms with van der Waals surface area (Å²) in [5.74, 6) is 1.13. The Morgan fingerprint density at radius 1 is 1.33 bits per heavy atom. The summed E-state index contributed by atoms with van der Waals surface area (Å²) < 4.78 is 10.7. The SMILES string of the molecule is COc1ccnc(NCc2cccc(CN3CCOC(C)C3)c2)n1. The van der Waals surface area contributed by atoms with Crippen molar-refractivity contribution in [3.8, 4) is 5.88 Å². The standard InChI is InChI=1S/C18H24N4O2/c1-14-12-22(8-9-24-14)13-16-5-3-4-15(10-16)11-20-18-19-7-6-17(21-18)23-2/h3-7,10,14H,8-9,11-13H2,1-2H3,(H,19,20,21). The van der Waals surface area contributed by atoms with Gasteiger partial charge in [0.15, 0.2) is 0 Å². The number of anilines is 1. The number of morpholine rings is 1. The second kappa shape index (κ2) is 8.08. The molecule has 0 radical (unpaired) electrons. The lowest BCUT2D eigenvalue weighted by Gasteiger charge is -2.31. The number of hydrogen-bond donors (Lipinski definition) is 1. The summed E-state index contributed by atoms with van der Waals surface area (Å²) in [6, 6.07) is 10.3. The van der Waals surface area contributed by atoms with Crippen LogP contribution in [0.4, 0.5) is 5.95 Å². The monoisotopic (exact) mass is 328 g/mol. The molecule has 6 heteroatoms. The van der Waals surface area contributed by atoms with E-state index in [-0.39, 0.29) is 0 Å². The van der Waals surface area contributed by atoms with E-state index < -0.39 is 0 Å². The third kappa shape index (κ3) is 4.66. The Labute approximate surface area is 142 Å². The highest BCUT2D eigenvalue weighted by Crippen LogP contribution is 2.13. The van der Waals surface area contributed by atoms with Crippen LogP contribution in [0.15, 0.2) is 36.5 Å². The van der Waals surface area contributed by atoms with E-state index in [2.05, 4.69) is 51.4 Å². The number of nitrogens with zero attached hydrogens (tertiary/aromatic N) is 3. The number of rotatable bonds is 6. The molecule has 1 fully saturated rings. The van der Waals surface area contributed by atoms with Gasteiger partial charge in [0.1, 0.15) is 0 Å². The van der Waals surface area contributed by atoms with Gasteiger partial charge in [-0.05, 0) is 18.1 Å². The maximum atomic E-state index is 5.60. The van der Waals surface area contributed by atoms with E-state index in [4.69, 9.17) is 9.47 Å². The fourth-order valence-corrected chi connectivity index (χ4v) is 2.85. The molecule has 0 saturated carbocycles. The molecule has 1 N–H and O–H groups in total. The first-order chi connectivity index (χ1) is 11.7. The Morgan fingerprint density at radius 3 is 3.04 bits per heavy atom. The molecule has 24 heavy (non-hydrogen) atoms. The summed E-state index contributed by atoms with van der Waals surface area (Å²) in [4.78, 5) is 10.9. The molecular weight excluding hydrogens is 304 g/mol. The summed E-state index contributed by atoms with van der Waals surface area (Å²) in [6.07, 6.45) is 2.00. The van der Waals surface area contributed by atoms with Gasteiger partial charge in [0.25, 0.3) is 0 Å². The molecular formula is C18H24N4O2. The third-order valence-electron chi connectivity index (χ3n) is 4.01. The second-order valence-corrected chi connectivity index (χ2v) is 6.01. The number of nitrogens with one attached hydrogen (secondary N) is 1. The zero-order valence-electron chi connectivity index (χ0n) is 14.2. The topological polar surface area (TPSA) is 59.5 Å². The van der Waals surface area contributed by atoms with E-state index in [1.54, 1.807) is 19.4 Å². The smallest absolute Gasteiger partial charge is 0.226 e. The molecule has 128 valence electrons. The molecule has 1 aromatic heterocycles. The molecule has 1 aromatic carbocycles. The van der Waals surface area contributed by atoms with Gasteiger partial charge in [-0.1, -0.05) is 24.3 Å². The highest BCUT2D eigenvalue weighted by atomic mass is 16.5. The van der Waals surface area contributed by atoms with Crippen LogP contribution in [0.3, 0.4) is 0 Å². The van der Waals surface area contributed by atoms with Crippen LogP contribution in [0.2, 0.25) is 0 Å². The molecule has 0 spiro atoms. The molecule has 6 nitrogen and oxygen atoms in total. The van der Waals surface area contributed by atoms with Crippen LogP contribution < -0.4 is 10.1 Å². The van der Waals surface area contributed by atoms with E-state index >= 15 is 0 Å². The average molecular weight is 328 g/mol. The summed E-state index contributed by atoms with van der Waals surface area (Å²) in [7, 11) is 1.60. The van der Waals surface area contributed by atoms with Gasteiger partial charge in [-0.3, -0.25) is 4.90 Å². The largest absolute Gasteiger partial charge is 0.481 e. The molecule has 1 unspecified atom stereocenters. The lowest BCUT2D eigenvalue weighted by molar-refractivity contribution is -0.0212. The Hall–Kier alpha value is -2.18. The van der Waals surface area contributed by atoms with Crippen LogP contribution in [-0.2, 0) is 17.8 Å². The predicted molar refractivity (Wildman–Crippen MR) is 93.0 cm³/mol. The van der Waals surface area contributed by atoms with Crippen LogP contribution in [0.25, 0.3) is 0 Å². The molecule has 2 aromatic rings. The molecule has 0 aliphatic carbocycles. The van der Waals surface area contributed by atoms with E-state index in [0.29, 0.717) is 24.5 Å². The van der Waals surface area contributed by atoms with Gasteiger partial charge >= 0.3 is 0 Å². The summed E-state index contributed by atoms with van der Waals surface area (Å²) >= 11 is 0. The quantitative estimate of drug-likeness (QED) is 0.878. The van der Waals surface area contributed by atoms with Crippen molar-refractivity contribution in [1.29, 1.82) is 0 Å².